The Morgan fingerprint density at radius 2 is 2.00 bits per heavy atom. The number of ether oxygens (including phenoxy) is 1. The minimum atomic E-state index is -0.645. The summed E-state index contributed by atoms with van der Waals surface area (Å²) in [6, 6.07) is 9.69. The summed E-state index contributed by atoms with van der Waals surface area (Å²) in [5.41, 5.74) is 1.81. The van der Waals surface area contributed by atoms with Crippen LogP contribution in [0.2, 0.25) is 0 Å². The number of hydrogen-bond acceptors (Lipinski definition) is 8. The first-order chi connectivity index (χ1) is 16.0. The molecule has 3 aromatic heterocycles. The first kappa shape index (κ1) is 22.1. The third-order valence-electron chi connectivity index (χ3n) is 4.95. The van der Waals surface area contributed by atoms with Gasteiger partial charge in [0.1, 0.15) is 23.5 Å². The van der Waals surface area contributed by atoms with Gasteiger partial charge in [-0.25, -0.2) is 18.7 Å². The zero-order valence-corrected chi connectivity index (χ0v) is 17.9. The van der Waals surface area contributed by atoms with Gasteiger partial charge >= 0.3 is 5.97 Å². The molecule has 1 aromatic carbocycles. The highest BCUT2D eigenvalue weighted by Gasteiger charge is 2.19. The van der Waals surface area contributed by atoms with E-state index in [9.17, 15) is 13.6 Å². The third kappa shape index (κ3) is 4.86. The number of halogens is 2. The fraction of sp³-hybridized carbons (Fsp3) is 0.227. The average molecular weight is 454 g/mol. The summed E-state index contributed by atoms with van der Waals surface area (Å²) >= 11 is 0. The fourth-order valence-electron chi connectivity index (χ4n) is 3.20. The second-order valence-electron chi connectivity index (χ2n) is 7.16. The van der Waals surface area contributed by atoms with Crippen molar-refractivity contribution in [1.82, 2.24) is 24.9 Å². The molecule has 0 fully saturated rings. The van der Waals surface area contributed by atoms with E-state index in [1.165, 1.54) is 24.3 Å². The van der Waals surface area contributed by atoms with Crippen LogP contribution in [0.3, 0.4) is 0 Å². The van der Waals surface area contributed by atoms with Gasteiger partial charge < -0.3 is 14.2 Å². The number of rotatable bonds is 8. The van der Waals surface area contributed by atoms with Crippen LogP contribution in [0.5, 0.6) is 0 Å². The quantitative estimate of drug-likeness (QED) is 0.374. The SMILES string of the molecule is COC(=O)CCN(C)c1nc(-c2cc(-c3ccon3)n(Cc3ccccc3F)n2)ncc1F. The number of carbonyl (C=O) groups is 1. The lowest BCUT2D eigenvalue weighted by atomic mass is 10.2. The Balaban J connectivity index is 1.69. The molecule has 0 bridgehead atoms. The number of methoxy groups -OCH3 is 1. The van der Waals surface area contributed by atoms with Crippen LogP contribution in [0.1, 0.15) is 12.0 Å². The lowest BCUT2D eigenvalue weighted by Crippen LogP contribution is -2.24. The van der Waals surface area contributed by atoms with Crippen LogP contribution in [0.25, 0.3) is 22.9 Å². The minimum Gasteiger partial charge on any atom is -0.469 e. The zero-order valence-electron chi connectivity index (χ0n) is 17.9. The van der Waals surface area contributed by atoms with Crippen molar-refractivity contribution in [3.05, 3.63) is 66.1 Å². The topological polar surface area (TPSA) is 99.2 Å². The van der Waals surface area contributed by atoms with E-state index in [0.717, 1.165) is 6.20 Å². The number of aromatic nitrogens is 5. The molecule has 0 saturated heterocycles. The van der Waals surface area contributed by atoms with E-state index in [4.69, 9.17) is 4.52 Å². The van der Waals surface area contributed by atoms with Gasteiger partial charge in [-0.2, -0.15) is 5.10 Å². The molecule has 0 radical (unpaired) electrons. The molecule has 4 rings (SSSR count). The molecular weight excluding hydrogens is 434 g/mol. The highest BCUT2D eigenvalue weighted by atomic mass is 19.1. The summed E-state index contributed by atoms with van der Waals surface area (Å²) in [6.07, 6.45) is 2.52. The van der Waals surface area contributed by atoms with Gasteiger partial charge in [-0.05, 0) is 12.1 Å². The summed E-state index contributed by atoms with van der Waals surface area (Å²) in [5, 5.41) is 8.46. The molecule has 0 N–H and O–H groups in total. The molecule has 0 saturated carbocycles. The summed E-state index contributed by atoms with van der Waals surface area (Å²) in [6.45, 7) is 0.327. The zero-order chi connectivity index (χ0) is 23.4. The molecule has 0 aliphatic carbocycles. The fourth-order valence-corrected chi connectivity index (χ4v) is 3.20. The molecule has 0 aliphatic rings. The Morgan fingerprint density at radius 3 is 2.73 bits per heavy atom. The van der Waals surface area contributed by atoms with E-state index in [1.54, 1.807) is 42.1 Å². The predicted octanol–water partition coefficient (Wildman–Crippen LogP) is 3.32. The Bertz CT molecular complexity index is 1260. The molecule has 9 nitrogen and oxygen atoms in total. The predicted molar refractivity (Wildman–Crippen MR) is 114 cm³/mol. The number of hydrogen-bond donors (Lipinski definition) is 0. The van der Waals surface area contributed by atoms with Crippen LogP contribution >= 0.6 is 0 Å². The Kier molecular flexibility index (Phi) is 6.38. The second-order valence-corrected chi connectivity index (χ2v) is 7.16. The van der Waals surface area contributed by atoms with Crippen molar-refractivity contribution in [3.63, 3.8) is 0 Å². The van der Waals surface area contributed by atoms with E-state index < -0.39 is 11.8 Å². The lowest BCUT2D eigenvalue weighted by molar-refractivity contribution is -0.140. The summed E-state index contributed by atoms with van der Waals surface area (Å²) in [4.78, 5) is 21.3. The number of anilines is 1. The molecule has 0 aliphatic heterocycles. The molecule has 0 unspecified atom stereocenters. The van der Waals surface area contributed by atoms with Gasteiger partial charge in [0.25, 0.3) is 0 Å². The molecule has 0 amide bonds. The van der Waals surface area contributed by atoms with Crippen LogP contribution in [0.15, 0.2) is 53.4 Å². The lowest BCUT2D eigenvalue weighted by Gasteiger charge is -2.18. The number of carbonyl (C=O) groups excluding carboxylic acids is 1. The van der Waals surface area contributed by atoms with Crippen molar-refractivity contribution in [1.29, 1.82) is 0 Å². The standard InChI is InChI=1S/C22H20F2N6O3/c1-29(9-7-20(31)32-2)22-16(24)12-25-21(26-22)18-11-19(17-8-10-33-28-17)30(27-18)13-14-5-3-4-6-15(14)23/h3-6,8,10-12H,7,9,13H2,1-2H3. The maximum Gasteiger partial charge on any atom is 0.307 e. The first-order valence-electron chi connectivity index (χ1n) is 9.99. The van der Waals surface area contributed by atoms with E-state index in [2.05, 4.69) is 25.0 Å². The molecule has 3 heterocycles. The molecule has 11 heteroatoms. The smallest absolute Gasteiger partial charge is 0.307 e. The van der Waals surface area contributed by atoms with Gasteiger partial charge in [0, 0.05) is 25.2 Å². The van der Waals surface area contributed by atoms with Crippen molar-refractivity contribution in [3.8, 4) is 22.9 Å². The van der Waals surface area contributed by atoms with Crippen LogP contribution in [0, 0.1) is 11.6 Å². The van der Waals surface area contributed by atoms with Gasteiger partial charge in [0.2, 0.25) is 0 Å². The normalized spacial score (nSPS) is 10.9. The van der Waals surface area contributed by atoms with Crippen molar-refractivity contribution >= 4 is 11.8 Å². The van der Waals surface area contributed by atoms with Crippen LogP contribution in [-0.2, 0) is 16.1 Å². The number of nitrogens with zero attached hydrogens (tertiary/aromatic N) is 6. The number of benzene rings is 1. The Morgan fingerprint density at radius 1 is 1.18 bits per heavy atom. The molecular formula is C22H20F2N6O3. The highest BCUT2D eigenvalue weighted by Crippen LogP contribution is 2.26. The van der Waals surface area contributed by atoms with E-state index in [0.29, 0.717) is 22.6 Å². The minimum absolute atomic E-state index is 0.00976. The summed E-state index contributed by atoms with van der Waals surface area (Å²) < 4.78 is 39.8. The summed E-state index contributed by atoms with van der Waals surface area (Å²) in [7, 11) is 2.89. The van der Waals surface area contributed by atoms with E-state index in [-0.39, 0.29) is 37.0 Å². The molecule has 0 spiro atoms. The molecule has 170 valence electrons. The summed E-state index contributed by atoms with van der Waals surface area (Å²) in [5.74, 6) is -1.26. The van der Waals surface area contributed by atoms with Crippen molar-refractivity contribution in [2.45, 2.75) is 13.0 Å². The Labute approximate surface area is 187 Å². The van der Waals surface area contributed by atoms with Crippen LogP contribution in [-0.4, -0.2) is 51.6 Å². The first-order valence-corrected chi connectivity index (χ1v) is 9.99. The maximum absolute atomic E-state index is 14.4. The third-order valence-corrected chi connectivity index (χ3v) is 4.95. The van der Waals surface area contributed by atoms with E-state index >= 15 is 0 Å². The molecule has 4 aromatic rings. The van der Waals surface area contributed by atoms with Gasteiger partial charge in [0.15, 0.2) is 17.5 Å². The van der Waals surface area contributed by atoms with Crippen molar-refractivity contribution in [2.24, 2.45) is 0 Å². The van der Waals surface area contributed by atoms with Gasteiger partial charge in [-0.1, -0.05) is 23.4 Å². The highest BCUT2D eigenvalue weighted by molar-refractivity contribution is 5.70. The average Bonchev–Trinajstić information content (AvgIpc) is 3.49. The Hall–Kier alpha value is -4.15. The second kappa shape index (κ2) is 9.55. The maximum atomic E-state index is 14.4. The van der Waals surface area contributed by atoms with Crippen LogP contribution < -0.4 is 4.90 Å². The largest absolute Gasteiger partial charge is 0.469 e. The van der Waals surface area contributed by atoms with Crippen molar-refractivity contribution in [2.75, 3.05) is 25.6 Å². The van der Waals surface area contributed by atoms with Gasteiger partial charge in [0.05, 0.1) is 32.0 Å². The molecule has 33 heavy (non-hydrogen) atoms. The van der Waals surface area contributed by atoms with Gasteiger partial charge in [-0.15, -0.1) is 0 Å². The number of esters is 1. The van der Waals surface area contributed by atoms with Crippen molar-refractivity contribution < 1.29 is 22.8 Å². The molecule has 0 atom stereocenters. The monoisotopic (exact) mass is 454 g/mol. The van der Waals surface area contributed by atoms with Crippen LogP contribution in [0.4, 0.5) is 14.6 Å². The van der Waals surface area contributed by atoms with E-state index in [1.807, 2.05) is 0 Å². The van der Waals surface area contributed by atoms with Gasteiger partial charge in [-0.3, -0.25) is 9.48 Å².